The third-order valence-corrected chi connectivity index (χ3v) is 7.67. The number of hydrogen-bond donors (Lipinski definition) is 0. The minimum Gasteiger partial charge on any atom is -0.341 e. The van der Waals surface area contributed by atoms with E-state index in [1.807, 2.05) is 4.90 Å². The average molecular weight is 418 g/mol. The Kier molecular flexibility index (Phi) is 4.90. The fraction of sp³-hybridized carbons (Fsp3) is 0.560. The summed E-state index contributed by atoms with van der Waals surface area (Å²) in [4.78, 5) is 29.0. The van der Waals surface area contributed by atoms with E-state index in [0.29, 0.717) is 18.7 Å². The number of benzene rings is 1. The normalized spacial score (nSPS) is 21.7. The van der Waals surface area contributed by atoms with Crippen molar-refractivity contribution in [1.82, 2.24) is 19.8 Å². The van der Waals surface area contributed by atoms with Crippen LogP contribution in [0, 0.1) is 0 Å². The Bertz CT molecular complexity index is 995. The molecule has 1 saturated carbocycles. The Balaban J connectivity index is 1.15. The van der Waals surface area contributed by atoms with Crippen molar-refractivity contribution in [2.75, 3.05) is 31.1 Å². The van der Waals surface area contributed by atoms with Gasteiger partial charge in [-0.2, -0.15) is 0 Å². The summed E-state index contributed by atoms with van der Waals surface area (Å²) >= 11 is 0. The number of carbonyl (C=O) groups is 1. The molecule has 0 atom stereocenters. The van der Waals surface area contributed by atoms with Gasteiger partial charge in [0.25, 0.3) is 5.91 Å². The first-order valence-electron chi connectivity index (χ1n) is 12.0. The number of rotatable bonds is 4. The topological polar surface area (TPSA) is 52.6 Å². The fourth-order valence-electron chi connectivity index (χ4n) is 5.56. The van der Waals surface area contributed by atoms with E-state index in [0.717, 1.165) is 43.6 Å². The van der Waals surface area contributed by atoms with E-state index in [4.69, 9.17) is 4.98 Å². The van der Waals surface area contributed by atoms with E-state index in [1.54, 1.807) is 6.20 Å². The molecule has 0 bridgehead atoms. The van der Waals surface area contributed by atoms with Crippen molar-refractivity contribution < 1.29 is 4.79 Å². The van der Waals surface area contributed by atoms with E-state index >= 15 is 0 Å². The van der Waals surface area contributed by atoms with Crippen LogP contribution in [0.25, 0.3) is 0 Å². The van der Waals surface area contributed by atoms with Gasteiger partial charge in [-0.25, -0.2) is 9.97 Å². The maximum atomic E-state index is 13.0. The molecule has 6 nitrogen and oxygen atoms in total. The molecule has 0 N–H and O–H groups in total. The minimum absolute atomic E-state index is 0.0640. The number of nitrogens with zero attached hydrogens (tertiary/aromatic N) is 5. The Morgan fingerprint density at radius 2 is 1.77 bits per heavy atom. The lowest BCUT2D eigenvalue weighted by Gasteiger charge is -2.36. The fourth-order valence-corrected chi connectivity index (χ4v) is 5.56. The van der Waals surface area contributed by atoms with E-state index < -0.39 is 0 Å². The number of anilines is 1. The predicted octanol–water partition coefficient (Wildman–Crippen LogP) is 3.19. The van der Waals surface area contributed by atoms with Crippen molar-refractivity contribution in [3.63, 3.8) is 0 Å². The second-order valence-corrected chi connectivity index (χ2v) is 9.61. The smallest absolute Gasteiger partial charge is 0.258 e. The van der Waals surface area contributed by atoms with Crippen molar-refractivity contribution in [2.24, 2.45) is 0 Å². The summed E-state index contributed by atoms with van der Waals surface area (Å²) < 4.78 is 0. The van der Waals surface area contributed by atoms with Gasteiger partial charge < -0.3 is 9.80 Å². The Morgan fingerprint density at radius 1 is 0.968 bits per heavy atom. The van der Waals surface area contributed by atoms with Gasteiger partial charge in [-0.1, -0.05) is 24.6 Å². The molecule has 4 heterocycles. The molecular weight excluding hydrogens is 386 g/mol. The van der Waals surface area contributed by atoms with Crippen LogP contribution in [0.1, 0.15) is 64.8 Å². The highest BCUT2D eigenvalue weighted by Gasteiger charge is 2.31. The molecular formula is C25H31N5O. The van der Waals surface area contributed by atoms with Crippen molar-refractivity contribution in [3.8, 4) is 0 Å². The molecule has 1 saturated heterocycles. The van der Waals surface area contributed by atoms with Gasteiger partial charge in [-0.3, -0.25) is 9.69 Å². The molecule has 0 unspecified atom stereocenters. The molecule has 0 spiro atoms. The van der Waals surface area contributed by atoms with Crippen LogP contribution in [0.15, 0.2) is 24.4 Å². The third kappa shape index (κ3) is 3.61. The maximum Gasteiger partial charge on any atom is 0.258 e. The zero-order chi connectivity index (χ0) is 20.8. The molecule has 1 aliphatic carbocycles. The lowest BCUT2D eigenvalue weighted by Crippen LogP contribution is -2.41. The molecule has 162 valence electrons. The van der Waals surface area contributed by atoms with Gasteiger partial charge in [0.05, 0.1) is 17.8 Å². The summed E-state index contributed by atoms with van der Waals surface area (Å²) in [5.41, 5.74) is 5.74. The van der Waals surface area contributed by atoms with Crippen LogP contribution in [0.2, 0.25) is 0 Å². The molecule has 1 amide bonds. The lowest BCUT2D eigenvalue weighted by atomic mass is 9.91. The van der Waals surface area contributed by atoms with Gasteiger partial charge in [0.15, 0.2) is 0 Å². The van der Waals surface area contributed by atoms with Crippen LogP contribution in [-0.2, 0) is 25.9 Å². The van der Waals surface area contributed by atoms with Crippen LogP contribution >= 0.6 is 0 Å². The Morgan fingerprint density at radius 3 is 2.55 bits per heavy atom. The number of amides is 1. The molecule has 3 aliphatic heterocycles. The highest BCUT2D eigenvalue weighted by atomic mass is 16.2. The molecule has 1 aromatic heterocycles. The SMILES string of the molecule is O=C1c2cnc(N3CCCC3)nc2CN1Cc1ccc2c(c1)CCN(C1CCC1)CC2. The highest BCUT2D eigenvalue weighted by Crippen LogP contribution is 2.29. The second-order valence-electron chi connectivity index (χ2n) is 9.61. The molecule has 6 rings (SSSR count). The first-order valence-corrected chi connectivity index (χ1v) is 12.0. The van der Waals surface area contributed by atoms with Gasteiger partial charge in [0.1, 0.15) is 0 Å². The van der Waals surface area contributed by atoms with Gasteiger partial charge in [0.2, 0.25) is 5.95 Å². The summed E-state index contributed by atoms with van der Waals surface area (Å²) in [5.74, 6) is 0.848. The van der Waals surface area contributed by atoms with E-state index in [1.165, 1.54) is 61.9 Å². The monoisotopic (exact) mass is 417 g/mol. The second kappa shape index (κ2) is 7.90. The lowest BCUT2D eigenvalue weighted by molar-refractivity contribution is 0.0766. The van der Waals surface area contributed by atoms with Crippen LogP contribution in [0.4, 0.5) is 5.95 Å². The molecule has 4 aliphatic rings. The summed E-state index contributed by atoms with van der Waals surface area (Å²) in [6.45, 7) is 5.63. The molecule has 2 fully saturated rings. The maximum absolute atomic E-state index is 13.0. The molecule has 1 aromatic carbocycles. The van der Waals surface area contributed by atoms with Crippen LogP contribution in [0.5, 0.6) is 0 Å². The summed E-state index contributed by atoms with van der Waals surface area (Å²) in [7, 11) is 0. The highest BCUT2D eigenvalue weighted by molar-refractivity contribution is 5.97. The summed E-state index contributed by atoms with van der Waals surface area (Å²) in [6, 6.07) is 7.68. The molecule has 0 radical (unpaired) electrons. The first kappa shape index (κ1) is 19.2. The predicted molar refractivity (Wildman–Crippen MR) is 120 cm³/mol. The van der Waals surface area contributed by atoms with Crippen LogP contribution < -0.4 is 4.90 Å². The summed E-state index contributed by atoms with van der Waals surface area (Å²) in [5, 5.41) is 0. The third-order valence-electron chi connectivity index (χ3n) is 7.67. The van der Waals surface area contributed by atoms with Crippen molar-refractivity contribution in [1.29, 1.82) is 0 Å². The van der Waals surface area contributed by atoms with E-state index in [9.17, 15) is 4.79 Å². The van der Waals surface area contributed by atoms with Crippen LogP contribution in [-0.4, -0.2) is 57.9 Å². The van der Waals surface area contributed by atoms with Crippen molar-refractivity contribution >= 4 is 11.9 Å². The number of aromatic nitrogens is 2. The Hall–Kier alpha value is -2.47. The molecule has 2 aromatic rings. The van der Waals surface area contributed by atoms with Gasteiger partial charge in [0, 0.05) is 45.0 Å². The van der Waals surface area contributed by atoms with Crippen LogP contribution in [0.3, 0.4) is 0 Å². The average Bonchev–Trinajstić information content (AvgIpc) is 3.33. The largest absolute Gasteiger partial charge is 0.341 e. The zero-order valence-corrected chi connectivity index (χ0v) is 18.2. The first-order chi connectivity index (χ1) is 15.2. The van der Waals surface area contributed by atoms with E-state index in [-0.39, 0.29) is 5.91 Å². The van der Waals surface area contributed by atoms with Gasteiger partial charge >= 0.3 is 0 Å². The van der Waals surface area contributed by atoms with E-state index in [2.05, 4.69) is 33.0 Å². The van der Waals surface area contributed by atoms with Crippen molar-refractivity contribution in [2.45, 2.75) is 64.1 Å². The van der Waals surface area contributed by atoms with Gasteiger partial charge in [-0.05, 0) is 55.2 Å². The number of carbonyl (C=O) groups excluding carboxylic acids is 1. The quantitative estimate of drug-likeness (QED) is 0.765. The van der Waals surface area contributed by atoms with Crippen molar-refractivity contribution in [3.05, 3.63) is 52.3 Å². The van der Waals surface area contributed by atoms with Gasteiger partial charge in [-0.15, -0.1) is 0 Å². The standard InChI is InChI=1S/C25H31N5O/c31-24-22-15-26-25(29-10-1-2-11-29)27-23(22)17-30(24)16-18-6-7-19-8-12-28(21-4-3-5-21)13-9-20(19)14-18/h6-7,14-15,21H,1-5,8-13,16-17H2. The molecule has 6 heteroatoms. The number of fused-ring (bicyclic) bond motifs is 2. The minimum atomic E-state index is 0.0640. The molecule has 31 heavy (non-hydrogen) atoms. The summed E-state index contributed by atoms with van der Waals surface area (Å²) in [6.07, 6.45) is 10.6. The number of hydrogen-bond acceptors (Lipinski definition) is 5. The zero-order valence-electron chi connectivity index (χ0n) is 18.2. The Labute approximate surface area is 184 Å².